The summed E-state index contributed by atoms with van der Waals surface area (Å²) in [7, 11) is 5.04. The second-order valence-corrected chi connectivity index (χ2v) is 6.72. The molecule has 0 heterocycles. The molecule has 24 heavy (non-hydrogen) atoms. The molecule has 0 saturated heterocycles. The fourth-order valence-electron chi connectivity index (χ4n) is 3.32. The Morgan fingerprint density at radius 1 is 0.667 bits per heavy atom. The van der Waals surface area contributed by atoms with Gasteiger partial charge >= 0.3 is 0 Å². The molecule has 0 amide bonds. The number of unbranched alkanes of at least 4 members (excludes halogenated alkanes) is 6. The van der Waals surface area contributed by atoms with Gasteiger partial charge in [0.15, 0.2) is 0 Å². The van der Waals surface area contributed by atoms with Crippen LogP contribution in [0.5, 0.6) is 0 Å². The van der Waals surface area contributed by atoms with E-state index in [1.54, 1.807) is 21.3 Å². The van der Waals surface area contributed by atoms with Crippen LogP contribution in [0.25, 0.3) is 0 Å². The van der Waals surface area contributed by atoms with Crippen LogP contribution in [0.1, 0.15) is 84.5 Å². The van der Waals surface area contributed by atoms with Gasteiger partial charge in [0.05, 0.1) is 0 Å². The molecule has 0 bridgehead atoms. The van der Waals surface area contributed by atoms with Crippen LogP contribution in [0, 0.1) is 5.92 Å². The van der Waals surface area contributed by atoms with Crippen molar-refractivity contribution >= 4 is 0 Å². The molecular formula is C20H43NO3. The van der Waals surface area contributed by atoms with E-state index >= 15 is 0 Å². The van der Waals surface area contributed by atoms with Gasteiger partial charge < -0.3 is 19.5 Å². The van der Waals surface area contributed by atoms with Crippen LogP contribution in [0.4, 0.5) is 0 Å². The highest BCUT2D eigenvalue weighted by molar-refractivity contribution is 4.72. The molecule has 4 nitrogen and oxygen atoms in total. The first-order valence-electron chi connectivity index (χ1n) is 10.1. The van der Waals surface area contributed by atoms with Crippen LogP contribution in [-0.4, -0.2) is 40.4 Å². The molecule has 0 aromatic rings. The average Bonchev–Trinajstić information content (AvgIpc) is 2.62. The van der Waals surface area contributed by atoms with Crippen molar-refractivity contribution in [3.05, 3.63) is 0 Å². The lowest BCUT2D eigenvalue weighted by Crippen LogP contribution is -2.44. The van der Waals surface area contributed by atoms with Crippen molar-refractivity contribution in [2.75, 3.05) is 34.4 Å². The first-order chi connectivity index (χ1) is 11.7. The standard InChI is InChI=1S/C20H43NO3/c1-6-8-10-11-12-13-15-19(20(22-3,23-4)24-5)16-14-18-21-17-9-7-2/h19,21H,6-18H2,1-5H3. The summed E-state index contributed by atoms with van der Waals surface area (Å²) in [5.41, 5.74) is 0. The Morgan fingerprint density at radius 3 is 1.75 bits per heavy atom. The van der Waals surface area contributed by atoms with Gasteiger partial charge in [-0.25, -0.2) is 0 Å². The van der Waals surface area contributed by atoms with Crippen LogP contribution in [0.3, 0.4) is 0 Å². The fraction of sp³-hybridized carbons (Fsp3) is 1.00. The van der Waals surface area contributed by atoms with E-state index in [0.29, 0.717) is 0 Å². The maximum Gasteiger partial charge on any atom is 0.285 e. The van der Waals surface area contributed by atoms with Crippen molar-refractivity contribution in [2.45, 2.75) is 90.4 Å². The number of hydrogen-bond donors (Lipinski definition) is 1. The van der Waals surface area contributed by atoms with E-state index in [-0.39, 0.29) is 5.92 Å². The third-order valence-electron chi connectivity index (χ3n) is 4.87. The quantitative estimate of drug-likeness (QED) is 0.276. The second kappa shape index (κ2) is 16.3. The van der Waals surface area contributed by atoms with Gasteiger partial charge in [-0.2, -0.15) is 0 Å². The normalized spacial score (nSPS) is 13.4. The number of nitrogens with one attached hydrogen (secondary N) is 1. The molecule has 0 aromatic heterocycles. The second-order valence-electron chi connectivity index (χ2n) is 6.72. The Hall–Kier alpha value is -0.160. The number of ether oxygens (including phenoxy) is 3. The fourth-order valence-corrected chi connectivity index (χ4v) is 3.32. The van der Waals surface area contributed by atoms with Gasteiger partial charge in [-0.3, -0.25) is 0 Å². The molecule has 0 aromatic carbocycles. The Kier molecular flexibility index (Phi) is 16.2. The van der Waals surface area contributed by atoms with Crippen molar-refractivity contribution in [1.29, 1.82) is 0 Å². The molecule has 1 unspecified atom stereocenters. The van der Waals surface area contributed by atoms with E-state index in [1.165, 1.54) is 51.4 Å². The van der Waals surface area contributed by atoms with E-state index in [9.17, 15) is 0 Å². The van der Waals surface area contributed by atoms with Gasteiger partial charge in [0.2, 0.25) is 0 Å². The average molecular weight is 346 g/mol. The van der Waals surface area contributed by atoms with Crippen molar-refractivity contribution in [3.63, 3.8) is 0 Å². The number of rotatable bonds is 18. The topological polar surface area (TPSA) is 39.7 Å². The molecule has 1 atom stereocenters. The van der Waals surface area contributed by atoms with E-state index in [0.717, 1.165) is 32.4 Å². The summed E-state index contributed by atoms with van der Waals surface area (Å²) in [5.74, 6) is -0.621. The SMILES string of the molecule is CCCCCCCCC(CCCNCCCC)C(OC)(OC)OC. The Labute approximate surface area is 151 Å². The van der Waals surface area contributed by atoms with Crippen LogP contribution in [0.2, 0.25) is 0 Å². The van der Waals surface area contributed by atoms with E-state index in [2.05, 4.69) is 19.2 Å². The zero-order valence-electron chi connectivity index (χ0n) is 17.0. The van der Waals surface area contributed by atoms with Gasteiger partial charge in [-0.05, 0) is 38.8 Å². The molecule has 1 N–H and O–H groups in total. The van der Waals surface area contributed by atoms with Crippen LogP contribution in [0.15, 0.2) is 0 Å². The summed E-state index contributed by atoms with van der Waals surface area (Å²) >= 11 is 0. The van der Waals surface area contributed by atoms with E-state index in [1.807, 2.05) is 0 Å². The van der Waals surface area contributed by atoms with Crippen molar-refractivity contribution in [3.8, 4) is 0 Å². The maximum absolute atomic E-state index is 5.62. The molecule has 0 spiro atoms. The first kappa shape index (κ1) is 23.8. The Bertz CT molecular complexity index is 233. The highest BCUT2D eigenvalue weighted by atomic mass is 16.9. The lowest BCUT2D eigenvalue weighted by molar-refractivity contribution is -0.380. The first-order valence-corrected chi connectivity index (χ1v) is 10.1. The van der Waals surface area contributed by atoms with E-state index in [4.69, 9.17) is 14.2 Å². The summed E-state index contributed by atoms with van der Waals surface area (Å²) in [4.78, 5) is 0. The van der Waals surface area contributed by atoms with Crippen molar-refractivity contribution in [2.24, 2.45) is 5.92 Å². The van der Waals surface area contributed by atoms with Gasteiger partial charge in [0.25, 0.3) is 5.97 Å². The zero-order chi connectivity index (χ0) is 18.1. The number of methoxy groups -OCH3 is 3. The van der Waals surface area contributed by atoms with Gasteiger partial charge in [0.1, 0.15) is 0 Å². The van der Waals surface area contributed by atoms with Crippen molar-refractivity contribution < 1.29 is 14.2 Å². The van der Waals surface area contributed by atoms with Crippen LogP contribution in [-0.2, 0) is 14.2 Å². The minimum atomic E-state index is -0.896. The molecule has 0 fully saturated rings. The third kappa shape index (κ3) is 9.97. The van der Waals surface area contributed by atoms with E-state index < -0.39 is 5.97 Å². The molecule has 146 valence electrons. The lowest BCUT2D eigenvalue weighted by Gasteiger charge is -2.36. The summed E-state index contributed by atoms with van der Waals surface area (Å²) in [5, 5.41) is 3.52. The van der Waals surface area contributed by atoms with Crippen LogP contribution < -0.4 is 5.32 Å². The predicted molar refractivity (Wildman–Crippen MR) is 102 cm³/mol. The highest BCUT2D eigenvalue weighted by Crippen LogP contribution is 2.32. The minimum absolute atomic E-state index is 0.275. The summed E-state index contributed by atoms with van der Waals surface area (Å²) in [6.07, 6.45) is 13.6. The predicted octanol–water partition coefficient (Wildman–Crippen LogP) is 5.12. The molecule has 0 rings (SSSR count). The Morgan fingerprint density at radius 2 is 1.17 bits per heavy atom. The summed E-state index contributed by atoms with van der Waals surface area (Å²) in [6, 6.07) is 0. The molecular weight excluding hydrogens is 302 g/mol. The van der Waals surface area contributed by atoms with Gasteiger partial charge in [-0.1, -0.05) is 58.8 Å². The van der Waals surface area contributed by atoms with Gasteiger partial charge in [0, 0.05) is 27.2 Å². The third-order valence-corrected chi connectivity index (χ3v) is 4.87. The zero-order valence-corrected chi connectivity index (χ0v) is 17.0. The van der Waals surface area contributed by atoms with Crippen molar-refractivity contribution in [1.82, 2.24) is 5.32 Å². The minimum Gasteiger partial charge on any atom is -0.331 e. The summed E-state index contributed by atoms with van der Waals surface area (Å²) < 4.78 is 16.9. The molecule has 0 aliphatic rings. The Balaban J connectivity index is 4.28. The summed E-state index contributed by atoms with van der Waals surface area (Å²) in [6.45, 7) is 6.65. The van der Waals surface area contributed by atoms with Crippen LogP contribution >= 0.6 is 0 Å². The van der Waals surface area contributed by atoms with Gasteiger partial charge in [-0.15, -0.1) is 0 Å². The molecule has 0 radical (unpaired) electrons. The lowest BCUT2D eigenvalue weighted by atomic mass is 9.93. The monoisotopic (exact) mass is 345 g/mol. The molecule has 0 saturated carbocycles. The molecule has 4 heteroatoms. The largest absolute Gasteiger partial charge is 0.331 e. The molecule has 0 aliphatic carbocycles. The molecule has 0 aliphatic heterocycles. The highest BCUT2D eigenvalue weighted by Gasteiger charge is 2.39. The smallest absolute Gasteiger partial charge is 0.285 e. The maximum atomic E-state index is 5.62. The number of hydrogen-bond acceptors (Lipinski definition) is 4.